The van der Waals surface area contributed by atoms with Crippen LogP contribution in [0.1, 0.15) is 17.5 Å². The van der Waals surface area contributed by atoms with Crippen molar-refractivity contribution < 1.29 is 9.84 Å². The van der Waals surface area contributed by atoms with E-state index in [1.807, 2.05) is 55.5 Å². The van der Waals surface area contributed by atoms with Crippen molar-refractivity contribution >= 4 is 0 Å². The van der Waals surface area contributed by atoms with Crippen molar-refractivity contribution in [2.75, 3.05) is 6.61 Å². The number of hydrogen-bond donors (Lipinski definition) is 1. The molecule has 0 aliphatic rings. The van der Waals surface area contributed by atoms with Crippen molar-refractivity contribution in [3.63, 3.8) is 0 Å². The Balaban J connectivity index is 2.04. The van der Waals surface area contributed by atoms with Gasteiger partial charge in [-0.25, -0.2) is 0 Å². The molecule has 0 fully saturated rings. The predicted octanol–water partition coefficient (Wildman–Crippen LogP) is 3.71. The molecule has 2 aromatic rings. The fourth-order valence-electron chi connectivity index (χ4n) is 1.81. The van der Waals surface area contributed by atoms with Crippen LogP contribution in [0, 0.1) is 6.92 Å². The van der Waals surface area contributed by atoms with Crippen LogP contribution in [0.4, 0.5) is 0 Å². The zero-order chi connectivity index (χ0) is 12.8. The van der Waals surface area contributed by atoms with Crippen LogP contribution < -0.4 is 4.74 Å². The maximum atomic E-state index is 8.78. The summed E-state index contributed by atoms with van der Waals surface area (Å²) in [5.74, 6) is 1.73. The van der Waals surface area contributed by atoms with Gasteiger partial charge in [-0.1, -0.05) is 30.3 Å². The van der Waals surface area contributed by atoms with Gasteiger partial charge in [0.25, 0.3) is 0 Å². The molecule has 0 radical (unpaired) electrons. The van der Waals surface area contributed by atoms with Gasteiger partial charge in [0.2, 0.25) is 0 Å². The number of aryl methyl sites for hydroxylation is 2. The van der Waals surface area contributed by atoms with Crippen LogP contribution in [0.5, 0.6) is 11.5 Å². The van der Waals surface area contributed by atoms with Gasteiger partial charge >= 0.3 is 0 Å². The summed E-state index contributed by atoms with van der Waals surface area (Å²) < 4.78 is 5.82. The average Bonchev–Trinajstić information content (AvgIpc) is 2.41. The van der Waals surface area contributed by atoms with Gasteiger partial charge < -0.3 is 9.84 Å². The van der Waals surface area contributed by atoms with Crippen LogP contribution in [-0.2, 0) is 6.42 Å². The zero-order valence-corrected chi connectivity index (χ0v) is 10.6. The van der Waals surface area contributed by atoms with Crippen LogP contribution in [0.25, 0.3) is 0 Å². The van der Waals surface area contributed by atoms with Crippen molar-refractivity contribution in [2.24, 2.45) is 0 Å². The summed E-state index contributed by atoms with van der Waals surface area (Å²) >= 11 is 0. The van der Waals surface area contributed by atoms with Crippen LogP contribution in [0.2, 0.25) is 0 Å². The molecule has 0 aliphatic heterocycles. The summed E-state index contributed by atoms with van der Waals surface area (Å²) in [7, 11) is 0. The minimum atomic E-state index is 0.238. The lowest BCUT2D eigenvalue weighted by Gasteiger charge is -2.09. The van der Waals surface area contributed by atoms with E-state index in [9.17, 15) is 0 Å². The molecule has 2 aromatic carbocycles. The minimum absolute atomic E-state index is 0.238. The summed E-state index contributed by atoms with van der Waals surface area (Å²) in [5.41, 5.74) is 2.35. The SMILES string of the molecule is Cc1ccccc1Oc1ccc(CCCO)cc1. The predicted molar refractivity (Wildman–Crippen MR) is 73.1 cm³/mol. The Labute approximate surface area is 108 Å². The highest BCUT2D eigenvalue weighted by Gasteiger charge is 2.00. The Hall–Kier alpha value is -1.80. The molecule has 0 amide bonds. The van der Waals surface area contributed by atoms with Gasteiger partial charge in [-0.3, -0.25) is 0 Å². The third kappa shape index (κ3) is 3.34. The molecule has 2 heteroatoms. The molecule has 0 atom stereocenters. The number of hydrogen-bond acceptors (Lipinski definition) is 2. The lowest BCUT2D eigenvalue weighted by Crippen LogP contribution is -1.90. The Morgan fingerprint density at radius 1 is 1.00 bits per heavy atom. The van der Waals surface area contributed by atoms with Gasteiger partial charge in [0.1, 0.15) is 11.5 Å². The van der Waals surface area contributed by atoms with Gasteiger partial charge in [-0.05, 0) is 49.1 Å². The summed E-state index contributed by atoms with van der Waals surface area (Å²) in [6.07, 6.45) is 1.71. The fraction of sp³-hybridized carbons (Fsp3) is 0.250. The van der Waals surface area contributed by atoms with Gasteiger partial charge in [-0.2, -0.15) is 0 Å². The van der Waals surface area contributed by atoms with E-state index in [1.54, 1.807) is 0 Å². The topological polar surface area (TPSA) is 29.5 Å². The van der Waals surface area contributed by atoms with Gasteiger partial charge in [0.15, 0.2) is 0 Å². The lowest BCUT2D eigenvalue weighted by atomic mass is 10.1. The summed E-state index contributed by atoms with van der Waals surface area (Å²) in [4.78, 5) is 0. The average molecular weight is 242 g/mol. The first-order chi connectivity index (χ1) is 8.79. The molecule has 94 valence electrons. The second-order valence-corrected chi connectivity index (χ2v) is 4.34. The number of para-hydroxylation sites is 1. The first kappa shape index (κ1) is 12.7. The van der Waals surface area contributed by atoms with E-state index in [0.29, 0.717) is 0 Å². The van der Waals surface area contributed by atoms with Crippen LogP contribution in [0.15, 0.2) is 48.5 Å². The molecule has 0 saturated carbocycles. The molecule has 18 heavy (non-hydrogen) atoms. The molecule has 0 spiro atoms. The Morgan fingerprint density at radius 3 is 2.39 bits per heavy atom. The van der Waals surface area contributed by atoms with Crippen LogP contribution in [-0.4, -0.2) is 11.7 Å². The van der Waals surface area contributed by atoms with E-state index < -0.39 is 0 Å². The van der Waals surface area contributed by atoms with E-state index in [-0.39, 0.29) is 6.61 Å². The molecule has 0 bridgehead atoms. The van der Waals surface area contributed by atoms with Crippen molar-refractivity contribution in [1.82, 2.24) is 0 Å². The molecule has 1 N–H and O–H groups in total. The maximum Gasteiger partial charge on any atom is 0.130 e. The number of rotatable bonds is 5. The van der Waals surface area contributed by atoms with E-state index in [0.717, 1.165) is 29.9 Å². The second-order valence-electron chi connectivity index (χ2n) is 4.34. The summed E-state index contributed by atoms with van der Waals surface area (Å²) in [5, 5.41) is 8.78. The third-order valence-electron chi connectivity index (χ3n) is 2.87. The summed E-state index contributed by atoms with van der Waals surface area (Å²) in [6.45, 7) is 2.27. The first-order valence-electron chi connectivity index (χ1n) is 6.23. The normalized spacial score (nSPS) is 10.3. The Kier molecular flexibility index (Phi) is 4.37. The second kappa shape index (κ2) is 6.22. The highest BCUT2D eigenvalue weighted by molar-refractivity contribution is 5.37. The van der Waals surface area contributed by atoms with Gasteiger partial charge in [0.05, 0.1) is 0 Å². The zero-order valence-electron chi connectivity index (χ0n) is 10.6. The molecule has 0 saturated heterocycles. The molecule has 0 aliphatic carbocycles. The molecule has 0 unspecified atom stereocenters. The minimum Gasteiger partial charge on any atom is -0.457 e. The van der Waals surface area contributed by atoms with E-state index in [1.165, 1.54) is 5.56 Å². The highest BCUT2D eigenvalue weighted by Crippen LogP contribution is 2.24. The maximum absolute atomic E-state index is 8.78. The number of ether oxygens (including phenoxy) is 1. The lowest BCUT2D eigenvalue weighted by molar-refractivity contribution is 0.288. The monoisotopic (exact) mass is 242 g/mol. The molecule has 2 nitrogen and oxygen atoms in total. The smallest absolute Gasteiger partial charge is 0.130 e. The standard InChI is InChI=1S/C16H18O2/c1-13-5-2-3-7-16(13)18-15-10-8-14(9-11-15)6-4-12-17/h2-3,5,7-11,17H,4,6,12H2,1H3. The van der Waals surface area contributed by atoms with Gasteiger partial charge in [0, 0.05) is 6.61 Å². The summed E-state index contributed by atoms with van der Waals surface area (Å²) in [6, 6.07) is 16.0. The highest BCUT2D eigenvalue weighted by atomic mass is 16.5. The molecule has 0 aromatic heterocycles. The van der Waals surface area contributed by atoms with Crippen molar-refractivity contribution in [3.8, 4) is 11.5 Å². The van der Waals surface area contributed by atoms with Gasteiger partial charge in [-0.15, -0.1) is 0 Å². The van der Waals surface area contributed by atoms with E-state index >= 15 is 0 Å². The molecule has 0 heterocycles. The van der Waals surface area contributed by atoms with E-state index in [2.05, 4.69) is 0 Å². The quantitative estimate of drug-likeness (QED) is 0.866. The largest absolute Gasteiger partial charge is 0.457 e. The number of benzene rings is 2. The number of aliphatic hydroxyl groups excluding tert-OH is 1. The van der Waals surface area contributed by atoms with E-state index in [4.69, 9.17) is 9.84 Å². The third-order valence-corrected chi connectivity index (χ3v) is 2.87. The number of aliphatic hydroxyl groups is 1. The van der Waals surface area contributed by atoms with Crippen molar-refractivity contribution in [2.45, 2.75) is 19.8 Å². The Bertz CT molecular complexity index is 489. The molecular weight excluding hydrogens is 224 g/mol. The molecular formula is C16H18O2. The molecule has 2 rings (SSSR count). The first-order valence-corrected chi connectivity index (χ1v) is 6.23. The van der Waals surface area contributed by atoms with Crippen LogP contribution >= 0.6 is 0 Å². The van der Waals surface area contributed by atoms with Crippen molar-refractivity contribution in [3.05, 3.63) is 59.7 Å². The Morgan fingerprint density at radius 2 is 1.72 bits per heavy atom. The van der Waals surface area contributed by atoms with Crippen molar-refractivity contribution in [1.29, 1.82) is 0 Å². The fourth-order valence-corrected chi connectivity index (χ4v) is 1.81. The van der Waals surface area contributed by atoms with Crippen LogP contribution in [0.3, 0.4) is 0 Å².